The highest BCUT2D eigenvalue weighted by molar-refractivity contribution is 7.89. The molecule has 29 heavy (non-hydrogen) atoms. The van der Waals surface area contributed by atoms with Crippen LogP contribution in [0.1, 0.15) is 36.6 Å². The molecule has 1 aliphatic rings. The molecule has 0 aromatic heterocycles. The molecule has 0 radical (unpaired) electrons. The average molecular weight is 416 g/mol. The molecular formula is C23H33N3O2S. The van der Waals surface area contributed by atoms with Crippen LogP contribution in [0.25, 0.3) is 0 Å². The second-order valence-electron chi connectivity index (χ2n) is 8.51. The Hall–Kier alpha value is -1.89. The number of sulfonamides is 1. The van der Waals surface area contributed by atoms with Gasteiger partial charge in [-0.05, 0) is 41.2 Å². The third-order valence-corrected chi connectivity index (χ3v) is 7.16. The van der Waals surface area contributed by atoms with Crippen LogP contribution in [0.2, 0.25) is 0 Å². The molecule has 2 aromatic carbocycles. The van der Waals surface area contributed by atoms with E-state index in [0.29, 0.717) is 6.54 Å². The molecule has 0 amide bonds. The minimum atomic E-state index is -3.29. The highest BCUT2D eigenvalue weighted by Gasteiger charge is 2.26. The molecule has 0 spiro atoms. The predicted octanol–water partition coefficient (Wildman–Crippen LogP) is 3.43. The van der Waals surface area contributed by atoms with Crippen LogP contribution in [0, 0.1) is 5.92 Å². The largest absolute Gasteiger partial charge is 0.378 e. The van der Waals surface area contributed by atoms with Crippen LogP contribution in [0.15, 0.2) is 48.5 Å². The SMILES string of the molecule is CC(C)CS(=O)(=O)NC[C@H](c1ccc(N(C)C)cc1)N1CCc2ccccc2C1. The fourth-order valence-electron chi connectivity index (χ4n) is 3.94. The van der Waals surface area contributed by atoms with E-state index >= 15 is 0 Å². The fraction of sp³-hybridized carbons (Fsp3) is 0.478. The molecule has 2 aromatic rings. The van der Waals surface area contributed by atoms with Crippen LogP contribution in [-0.4, -0.2) is 46.3 Å². The van der Waals surface area contributed by atoms with Crippen molar-refractivity contribution >= 4 is 15.7 Å². The number of benzene rings is 2. The molecule has 0 saturated heterocycles. The number of rotatable bonds is 8. The summed E-state index contributed by atoms with van der Waals surface area (Å²) in [6, 6.07) is 17.0. The van der Waals surface area contributed by atoms with Crippen LogP contribution in [0.3, 0.4) is 0 Å². The van der Waals surface area contributed by atoms with Gasteiger partial charge in [-0.3, -0.25) is 4.90 Å². The average Bonchev–Trinajstić information content (AvgIpc) is 2.67. The summed E-state index contributed by atoms with van der Waals surface area (Å²) in [5.74, 6) is 0.259. The van der Waals surface area contributed by atoms with Crippen LogP contribution >= 0.6 is 0 Å². The van der Waals surface area contributed by atoms with E-state index in [2.05, 4.69) is 63.1 Å². The van der Waals surface area contributed by atoms with E-state index in [4.69, 9.17) is 0 Å². The lowest BCUT2D eigenvalue weighted by Gasteiger charge is -2.36. The monoisotopic (exact) mass is 415 g/mol. The first-order valence-electron chi connectivity index (χ1n) is 10.3. The Morgan fingerprint density at radius 3 is 2.31 bits per heavy atom. The summed E-state index contributed by atoms with van der Waals surface area (Å²) in [6.07, 6.45) is 0.987. The standard InChI is InChI=1S/C23H33N3O2S/c1-18(2)17-29(27,28)24-15-23(20-9-11-22(12-10-20)25(3)4)26-14-13-19-7-5-6-8-21(19)16-26/h5-12,18,23-24H,13-17H2,1-4H3/t23-/m1/s1. The Balaban J connectivity index is 1.83. The summed E-state index contributed by atoms with van der Waals surface area (Å²) >= 11 is 0. The zero-order valence-electron chi connectivity index (χ0n) is 17.9. The molecule has 0 unspecified atom stereocenters. The van der Waals surface area contributed by atoms with Gasteiger partial charge in [0.1, 0.15) is 0 Å². The minimum Gasteiger partial charge on any atom is -0.378 e. The smallest absolute Gasteiger partial charge is 0.211 e. The van der Waals surface area contributed by atoms with Crippen LogP contribution in [0.4, 0.5) is 5.69 Å². The molecule has 0 bridgehead atoms. The Morgan fingerprint density at radius 1 is 1.03 bits per heavy atom. The fourth-order valence-corrected chi connectivity index (χ4v) is 5.35. The number of hydrogen-bond acceptors (Lipinski definition) is 4. The van der Waals surface area contributed by atoms with Crippen molar-refractivity contribution in [1.82, 2.24) is 9.62 Å². The van der Waals surface area contributed by atoms with E-state index in [-0.39, 0.29) is 17.7 Å². The maximum atomic E-state index is 12.5. The van der Waals surface area contributed by atoms with Gasteiger partial charge in [-0.15, -0.1) is 0 Å². The van der Waals surface area contributed by atoms with Crippen molar-refractivity contribution in [3.8, 4) is 0 Å². The topological polar surface area (TPSA) is 52.7 Å². The van der Waals surface area contributed by atoms with Gasteiger partial charge in [0.15, 0.2) is 0 Å². The van der Waals surface area contributed by atoms with Crippen molar-refractivity contribution in [1.29, 1.82) is 0 Å². The summed E-state index contributed by atoms with van der Waals surface area (Å²) in [4.78, 5) is 4.46. The third kappa shape index (κ3) is 5.81. The van der Waals surface area contributed by atoms with Gasteiger partial charge in [0, 0.05) is 45.5 Å². The van der Waals surface area contributed by atoms with E-state index in [1.807, 2.05) is 27.9 Å². The van der Waals surface area contributed by atoms with Crippen molar-refractivity contribution in [2.45, 2.75) is 32.9 Å². The highest BCUT2D eigenvalue weighted by Crippen LogP contribution is 2.29. The van der Waals surface area contributed by atoms with E-state index in [1.165, 1.54) is 11.1 Å². The van der Waals surface area contributed by atoms with Crippen molar-refractivity contribution in [2.75, 3.05) is 37.8 Å². The second-order valence-corrected chi connectivity index (χ2v) is 10.4. The first-order chi connectivity index (χ1) is 13.7. The van der Waals surface area contributed by atoms with Gasteiger partial charge < -0.3 is 4.90 Å². The Morgan fingerprint density at radius 2 is 1.69 bits per heavy atom. The lowest BCUT2D eigenvalue weighted by atomic mass is 9.96. The number of nitrogens with zero attached hydrogens (tertiary/aromatic N) is 2. The Kier molecular flexibility index (Phi) is 6.98. The van der Waals surface area contributed by atoms with Gasteiger partial charge in [-0.2, -0.15) is 0 Å². The Labute approximate surface area is 175 Å². The maximum absolute atomic E-state index is 12.5. The maximum Gasteiger partial charge on any atom is 0.211 e. The molecular weight excluding hydrogens is 382 g/mol. The third-order valence-electron chi connectivity index (χ3n) is 5.44. The summed E-state index contributed by atoms with van der Waals surface area (Å²) < 4.78 is 27.8. The van der Waals surface area contributed by atoms with Crippen molar-refractivity contribution in [3.63, 3.8) is 0 Å². The molecule has 1 atom stereocenters. The summed E-state index contributed by atoms with van der Waals surface area (Å²) in [6.45, 7) is 6.00. The Bertz CT molecular complexity index is 908. The van der Waals surface area contributed by atoms with Gasteiger partial charge in [0.2, 0.25) is 10.0 Å². The van der Waals surface area contributed by atoms with Gasteiger partial charge in [-0.1, -0.05) is 50.2 Å². The lowest BCUT2D eigenvalue weighted by molar-refractivity contribution is 0.180. The minimum absolute atomic E-state index is 0.00139. The van der Waals surface area contributed by atoms with Gasteiger partial charge >= 0.3 is 0 Å². The first kappa shape index (κ1) is 21.8. The van der Waals surface area contributed by atoms with E-state index in [9.17, 15) is 8.42 Å². The molecule has 0 aliphatic carbocycles. The molecule has 1 heterocycles. The summed E-state index contributed by atoms with van der Waals surface area (Å²) in [5, 5.41) is 0. The van der Waals surface area contributed by atoms with Gasteiger partial charge in [0.25, 0.3) is 0 Å². The lowest BCUT2D eigenvalue weighted by Crippen LogP contribution is -2.41. The number of fused-ring (bicyclic) bond motifs is 1. The van der Waals surface area contributed by atoms with Crippen molar-refractivity contribution < 1.29 is 8.42 Å². The quantitative estimate of drug-likeness (QED) is 0.718. The van der Waals surface area contributed by atoms with E-state index < -0.39 is 10.0 Å². The molecule has 6 heteroatoms. The number of nitrogens with one attached hydrogen (secondary N) is 1. The molecule has 3 rings (SSSR count). The summed E-state index contributed by atoms with van der Waals surface area (Å²) in [5.41, 5.74) is 5.00. The van der Waals surface area contributed by atoms with E-state index in [1.54, 1.807) is 0 Å². The molecule has 158 valence electrons. The van der Waals surface area contributed by atoms with E-state index in [0.717, 1.165) is 30.8 Å². The summed E-state index contributed by atoms with van der Waals surface area (Å²) in [7, 11) is 0.754. The van der Waals surface area contributed by atoms with Crippen molar-refractivity contribution in [2.24, 2.45) is 5.92 Å². The number of hydrogen-bond donors (Lipinski definition) is 1. The molecule has 0 fully saturated rings. The van der Waals surface area contributed by atoms with Gasteiger partial charge in [-0.25, -0.2) is 13.1 Å². The molecule has 0 saturated carbocycles. The first-order valence-corrected chi connectivity index (χ1v) is 12.0. The second kappa shape index (κ2) is 9.28. The molecule has 1 aliphatic heterocycles. The van der Waals surface area contributed by atoms with Crippen LogP contribution in [-0.2, 0) is 23.0 Å². The zero-order valence-corrected chi connectivity index (χ0v) is 18.7. The molecule has 1 N–H and O–H groups in total. The number of anilines is 1. The van der Waals surface area contributed by atoms with Crippen LogP contribution < -0.4 is 9.62 Å². The highest BCUT2D eigenvalue weighted by atomic mass is 32.2. The van der Waals surface area contributed by atoms with Crippen LogP contribution in [0.5, 0.6) is 0 Å². The molecule has 5 nitrogen and oxygen atoms in total. The predicted molar refractivity (Wildman–Crippen MR) is 121 cm³/mol. The zero-order chi connectivity index (χ0) is 21.0. The normalized spacial score (nSPS) is 15.9. The van der Waals surface area contributed by atoms with Gasteiger partial charge in [0.05, 0.1) is 5.75 Å². The van der Waals surface area contributed by atoms with Crippen molar-refractivity contribution in [3.05, 3.63) is 65.2 Å².